The molecule has 1 unspecified atom stereocenters. The van der Waals surface area contributed by atoms with Gasteiger partial charge in [-0.3, -0.25) is 4.79 Å². The molecule has 0 saturated carbocycles. The molecule has 0 aliphatic carbocycles. The molecule has 0 aromatic rings. The summed E-state index contributed by atoms with van der Waals surface area (Å²) in [6.45, 7) is 10.2. The van der Waals surface area contributed by atoms with E-state index in [9.17, 15) is 4.79 Å². The monoisotopic (exact) mass is 244 g/mol. The van der Waals surface area contributed by atoms with Gasteiger partial charge in [0.15, 0.2) is 0 Å². The van der Waals surface area contributed by atoms with E-state index in [4.69, 9.17) is 9.47 Å². The molecule has 0 aromatic carbocycles. The van der Waals surface area contributed by atoms with E-state index in [1.807, 2.05) is 13.8 Å². The molecule has 0 fully saturated rings. The van der Waals surface area contributed by atoms with Crippen LogP contribution in [0.5, 0.6) is 0 Å². The van der Waals surface area contributed by atoms with E-state index in [1.165, 1.54) is 0 Å². The molecule has 17 heavy (non-hydrogen) atoms. The third-order valence-electron chi connectivity index (χ3n) is 1.88. The molecule has 2 N–H and O–H groups in total. The minimum absolute atomic E-state index is 0.0329. The average molecular weight is 244 g/mol. The fourth-order valence-electron chi connectivity index (χ4n) is 1.21. The summed E-state index contributed by atoms with van der Waals surface area (Å²) in [5, 5.41) is 5.81. The van der Waals surface area contributed by atoms with Crippen molar-refractivity contribution >= 4 is 5.91 Å². The molecule has 0 aromatic heterocycles. The minimum atomic E-state index is -0.0329. The highest BCUT2D eigenvalue weighted by molar-refractivity contribution is 5.78. The van der Waals surface area contributed by atoms with Crippen LogP contribution < -0.4 is 10.6 Å². The number of nitrogens with one attached hydrogen (secondary N) is 2. The first kappa shape index (κ1) is 16.1. The molecule has 1 atom stereocenters. The number of carbonyl (C=O) groups excluding carboxylic acids is 1. The zero-order chi connectivity index (χ0) is 13.1. The van der Waals surface area contributed by atoms with E-state index >= 15 is 0 Å². The van der Waals surface area contributed by atoms with Crippen molar-refractivity contribution < 1.29 is 14.3 Å². The Hall–Kier alpha value is -0.910. The van der Waals surface area contributed by atoms with E-state index in [2.05, 4.69) is 17.2 Å². The van der Waals surface area contributed by atoms with Crippen molar-refractivity contribution in [2.45, 2.75) is 19.9 Å². The van der Waals surface area contributed by atoms with Crippen molar-refractivity contribution in [1.29, 1.82) is 0 Å². The second kappa shape index (κ2) is 10.3. The Kier molecular flexibility index (Phi) is 9.71. The fraction of sp³-hybridized carbons (Fsp3) is 0.750. The quantitative estimate of drug-likeness (QED) is 0.429. The number of carbonyl (C=O) groups is 1. The molecule has 1 amide bonds. The first-order valence-corrected chi connectivity index (χ1v) is 5.77. The van der Waals surface area contributed by atoms with Crippen LogP contribution in [0.3, 0.4) is 0 Å². The third kappa shape index (κ3) is 11.4. The summed E-state index contributed by atoms with van der Waals surface area (Å²) >= 11 is 0. The van der Waals surface area contributed by atoms with Crippen LogP contribution >= 0.6 is 0 Å². The Morgan fingerprint density at radius 3 is 2.76 bits per heavy atom. The number of amides is 1. The molecule has 0 saturated heterocycles. The minimum Gasteiger partial charge on any atom is -0.383 e. The summed E-state index contributed by atoms with van der Waals surface area (Å²) in [6, 6.07) is 0.0361. The summed E-state index contributed by atoms with van der Waals surface area (Å²) in [4.78, 5) is 11.4. The number of hydrogen-bond donors (Lipinski definition) is 2. The molecule has 0 bridgehead atoms. The summed E-state index contributed by atoms with van der Waals surface area (Å²) in [5.74, 6) is -0.0329. The normalized spacial score (nSPS) is 12.2. The molecule has 5 nitrogen and oxygen atoms in total. The van der Waals surface area contributed by atoms with Crippen molar-refractivity contribution in [3.63, 3.8) is 0 Å². The largest absolute Gasteiger partial charge is 0.383 e. The highest BCUT2D eigenvalue weighted by Crippen LogP contribution is 1.86. The zero-order valence-electron chi connectivity index (χ0n) is 11.0. The Labute approximate surface area is 104 Å². The van der Waals surface area contributed by atoms with Crippen LogP contribution in [-0.2, 0) is 14.3 Å². The molecule has 0 heterocycles. The zero-order valence-corrected chi connectivity index (χ0v) is 11.0. The van der Waals surface area contributed by atoms with Crippen molar-refractivity contribution in [2.75, 3.05) is 40.0 Å². The molecule has 0 rings (SSSR count). The van der Waals surface area contributed by atoms with Gasteiger partial charge in [0, 0.05) is 19.7 Å². The maximum Gasteiger partial charge on any atom is 0.234 e. The number of hydrogen-bond acceptors (Lipinski definition) is 4. The van der Waals surface area contributed by atoms with Crippen LogP contribution in [0.15, 0.2) is 12.2 Å². The lowest BCUT2D eigenvalue weighted by Crippen LogP contribution is -2.41. The van der Waals surface area contributed by atoms with Crippen LogP contribution in [0.4, 0.5) is 0 Å². The van der Waals surface area contributed by atoms with Gasteiger partial charge in [0.25, 0.3) is 0 Å². The second-order valence-electron chi connectivity index (χ2n) is 4.11. The number of rotatable bonds is 10. The molecule has 100 valence electrons. The van der Waals surface area contributed by atoms with Crippen molar-refractivity contribution in [3.05, 3.63) is 12.2 Å². The van der Waals surface area contributed by atoms with Gasteiger partial charge in [-0.1, -0.05) is 12.2 Å². The van der Waals surface area contributed by atoms with E-state index in [1.54, 1.807) is 7.11 Å². The molecular weight excluding hydrogens is 220 g/mol. The van der Waals surface area contributed by atoms with Gasteiger partial charge in [-0.25, -0.2) is 0 Å². The number of methoxy groups -OCH3 is 1. The number of ether oxygens (including phenoxy) is 2. The molecule has 0 aliphatic heterocycles. The highest BCUT2D eigenvalue weighted by atomic mass is 16.5. The summed E-state index contributed by atoms with van der Waals surface area (Å²) in [7, 11) is 1.61. The van der Waals surface area contributed by atoms with Crippen LogP contribution in [0.1, 0.15) is 13.8 Å². The van der Waals surface area contributed by atoms with Gasteiger partial charge in [0.05, 0.1) is 26.4 Å². The Balaban J connectivity index is 3.36. The fourth-order valence-corrected chi connectivity index (χ4v) is 1.21. The lowest BCUT2D eigenvalue weighted by molar-refractivity contribution is -0.121. The summed E-state index contributed by atoms with van der Waals surface area (Å²) in [5.41, 5.74) is 0.996. The first-order chi connectivity index (χ1) is 8.06. The van der Waals surface area contributed by atoms with Crippen LogP contribution in [0.25, 0.3) is 0 Å². The van der Waals surface area contributed by atoms with E-state index in [0.29, 0.717) is 32.9 Å². The summed E-state index contributed by atoms with van der Waals surface area (Å²) < 4.78 is 10.2. The van der Waals surface area contributed by atoms with Gasteiger partial charge in [0.2, 0.25) is 5.91 Å². The Bertz CT molecular complexity index is 232. The van der Waals surface area contributed by atoms with E-state index in [0.717, 1.165) is 5.57 Å². The van der Waals surface area contributed by atoms with Crippen LogP contribution in [0.2, 0.25) is 0 Å². The lowest BCUT2D eigenvalue weighted by Gasteiger charge is -2.13. The molecule has 0 aliphatic rings. The second-order valence-corrected chi connectivity index (χ2v) is 4.11. The lowest BCUT2D eigenvalue weighted by atomic mass is 10.3. The topological polar surface area (TPSA) is 59.6 Å². The van der Waals surface area contributed by atoms with Crippen molar-refractivity contribution in [3.8, 4) is 0 Å². The highest BCUT2D eigenvalue weighted by Gasteiger charge is 2.05. The van der Waals surface area contributed by atoms with E-state index < -0.39 is 0 Å². The predicted molar refractivity (Wildman–Crippen MR) is 68.0 cm³/mol. The van der Waals surface area contributed by atoms with Crippen molar-refractivity contribution in [2.24, 2.45) is 0 Å². The summed E-state index contributed by atoms with van der Waals surface area (Å²) in [6.07, 6.45) is 0. The van der Waals surface area contributed by atoms with Gasteiger partial charge in [-0.15, -0.1) is 0 Å². The van der Waals surface area contributed by atoms with Gasteiger partial charge in [-0.05, 0) is 13.8 Å². The van der Waals surface area contributed by atoms with Crippen molar-refractivity contribution in [1.82, 2.24) is 10.6 Å². The molecule has 0 radical (unpaired) electrons. The van der Waals surface area contributed by atoms with Gasteiger partial charge in [-0.2, -0.15) is 0 Å². The van der Waals surface area contributed by atoms with Gasteiger partial charge in [0.1, 0.15) is 0 Å². The van der Waals surface area contributed by atoms with Gasteiger partial charge < -0.3 is 20.1 Å². The standard InChI is InChI=1S/C12H24N2O3/c1-10(2)8-17-6-5-13-7-12(15)14-11(3)9-16-4/h11,13H,1,5-9H2,2-4H3,(H,14,15). The Morgan fingerprint density at radius 2 is 2.18 bits per heavy atom. The SMILES string of the molecule is C=C(C)COCCNCC(=O)NC(C)COC. The smallest absolute Gasteiger partial charge is 0.234 e. The third-order valence-corrected chi connectivity index (χ3v) is 1.88. The van der Waals surface area contributed by atoms with E-state index in [-0.39, 0.29) is 11.9 Å². The average Bonchev–Trinajstić information content (AvgIpc) is 2.23. The first-order valence-electron chi connectivity index (χ1n) is 5.77. The maximum atomic E-state index is 11.4. The van der Waals surface area contributed by atoms with Gasteiger partial charge >= 0.3 is 0 Å². The maximum absolute atomic E-state index is 11.4. The van der Waals surface area contributed by atoms with Crippen LogP contribution in [-0.4, -0.2) is 52.0 Å². The molecule has 5 heteroatoms. The van der Waals surface area contributed by atoms with Crippen LogP contribution in [0, 0.1) is 0 Å². The molecular formula is C12H24N2O3. The Morgan fingerprint density at radius 1 is 1.47 bits per heavy atom. The molecule has 0 spiro atoms. The predicted octanol–water partition coefficient (Wildman–Crippen LogP) is 0.320.